The van der Waals surface area contributed by atoms with E-state index in [9.17, 15) is 0 Å². The topological polar surface area (TPSA) is 12.5 Å². The van der Waals surface area contributed by atoms with Crippen LogP contribution in [-0.4, -0.2) is 44.3 Å². The van der Waals surface area contributed by atoms with E-state index in [2.05, 4.69) is 11.2 Å². The molecule has 0 aliphatic rings. The molecule has 0 amide bonds. The Morgan fingerprint density at radius 1 is 1.40 bits per heavy atom. The minimum atomic E-state index is 0.801. The fourth-order valence-electron chi connectivity index (χ4n) is 0.388. The number of hydrogen-bond donors (Lipinski definition) is 0. The van der Waals surface area contributed by atoms with E-state index in [0.29, 0.717) is 0 Å². The van der Waals surface area contributed by atoms with Crippen molar-refractivity contribution in [2.45, 2.75) is 0 Å². The van der Waals surface area contributed by atoms with Crippen LogP contribution in [0.15, 0.2) is 0 Å². The van der Waals surface area contributed by atoms with Crippen molar-refractivity contribution >= 4 is 21.6 Å². The van der Waals surface area contributed by atoms with Gasteiger partial charge in [-0.1, -0.05) is 21.6 Å². The largest absolute Gasteiger partial charge is 0.369 e. The summed E-state index contributed by atoms with van der Waals surface area (Å²) < 4.78 is 5.29. The van der Waals surface area contributed by atoms with Crippen molar-refractivity contribution in [3.05, 3.63) is 0 Å². The molecule has 0 unspecified atom stereocenters. The maximum atomic E-state index is 5.29. The second-order valence-electron chi connectivity index (χ2n) is 2.11. The Balaban J connectivity index is 2.77. The van der Waals surface area contributed by atoms with Gasteiger partial charge in [0.15, 0.2) is 0 Å². The maximum Gasteiger partial charge on any atom is 0.102 e. The Kier molecular flexibility index (Phi) is 8.20. The highest BCUT2D eigenvalue weighted by Crippen LogP contribution is 2.15. The molecule has 0 N–H and O–H groups in total. The van der Waals surface area contributed by atoms with Gasteiger partial charge in [0.05, 0.1) is 6.61 Å². The van der Waals surface area contributed by atoms with Gasteiger partial charge in [0.2, 0.25) is 0 Å². The molecule has 2 nitrogen and oxygen atoms in total. The molecule has 0 heterocycles. The molecule has 0 radical (unpaired) electrons. The van der Waals surface area contributed by atoms with Gasteiger partial charge in [0, 0.05) is 6.54 Å². The first kappa shape index (κ1) is 10.6. The minimum absolute atomic E-state index is 0.801. The van der Waals surface area contributed by atoms with Crippen molar-refractivity contribution < 1.29 is 4.74 Å². The summed E-state index contributed by atoms with van der Waals surface area (Å²) in [6.07, 6.45) is 2.06. The summed E-state index contributed by atoms with van der Waals surface area (Å²) in [7, 11) is 7.57. The van der Waals surface area contributed by atoms with E-state index < -0.39 is 0 Å². The van der Waals surface area contributed by atoms with Crippen molar-refractivity contribution in [2.75, 3.05) is 39.4 Å². The summed E-state index contributed by atoms with van der Waals surface area (Å²) in [6, 6.07) is 0. The molecule has 4 heteroatoms. The number of hydrogen-bond acceptors (Lipinski definition) is 4. The zero-order chi connectivity index (χ0) is 7.82. The Morgan fingerprint density at radius 3 is 2.60 bits per heavy atom. The lowest BCUT2D eigenvalue weighted by Gasteiger charge is -2.08. The van der Waals surface area contributed by atoms with Gasteiger partial charge in [-0.15, -0.1) is 0 Å². The Hall–Kier alpha value is 0.620. The van der Waals surface area contributed by atoms with E-state index in [1.54, 1.807) is 21.6 Å². The molecule has 0 spiro atoms. The zero-order valence-corrected chi connectivity index (χ0v) is 8.43. The molecule has 0 aliphatic carbocycles. The lowest BCUT2D eigenvalue weighted by Crippen LogP contribution is -2.17. The van der Waals surface area contributed by atoms with Crippen molar-refractivity contribution in [3.8, 4) is 0 Å². The Bertz CT molecular complexity index is 70.8. The van der Waals surface area contributed by atoms with Crippen LogP contribution in [0.4, 0.5) is 0 Å². The normalized spacial score (nSPS) is 10.8. The SMILES string of the molecule is CSSCOCCN(C)C. The molecule has 62 valence electrons. The van der Waals surface area contributed by atoms with Gasteiger partial charge in [-0.3, -0.25) is 0 Å². The van der Waals surface area contributed by atoms with Gasteiger partial charge in [0.25, 0.3) is 0 Å². The lowest BCUT2D eigenvalue weighted by molar-refractivity contribution is 0.159. The molecule has 0 aliphatic heterocycles. The molecular formula is C6H15NOS2. The minimum Gasteiger partial charge on any atom is -0.369 e. The van der Waals surface area contributed by atoms with Gasteiger partial charge in [-0.05, 0) is 20.4 Å². The van der Waals surface area contributed by atoms with Gasteiger partial charge < -0.3 is 9.64 Å². The van der Waals surface area contributed by atoms with E-state index in [1.165, 1.54) is 0 Å². The highest BCUT2D eigenvalue weighted by molar-refractivity contribution is 8.76. The van der Waals surface area contributed by atoms with Gasteiger partial charge in [-0.2, -0.15) is 0 Å². The third-order valence-corrected chi connectivity index (χ3v) is 2.43. The van der Waals surface area contributed by atoms with Crippen LogP contribution >= 0.6 is 21.6 Å². The fourth-order valence-corrected chi connectivity index (χ4v) is 1.16. The van der Waals surface area contributed by atoms with Crippen LogP contribution in [0.3, 0.4) is 0 Å². The molecule has 0 bridgehead atoms. The molecule has 0 aromatic rings. The van der Waals surface area contributed by atoms with Crippen LogP contribution in [0.25, 0.3) is 0 Å². The van der Waals surface area contributed by atoms with Crippen LogP contribution in [0.1, 0.15) is 0 Å². The Labute approximate surface area is 71.1 Å². The average molecular weight is 181 g/mol. The summed E-state index contributed by atoms with van der Waals surface area (Å²) >= 11 is 0. The first-order valence-electron chi connectivity index (χ1n) is 3.15. The first-order chi connectivity index (χ1) is 4.77. The third-order valence-electron chi connectivity index (χ3n) is 0.932. The molecule has 0 fully saturated rings. The fraction of sp³-hybridized carbons (Fsp3) is 1.00. The van der Waals surface area contributed by atoms with Gasteiger partial charge in [0.1, 0.15) is 5.94 Å². The molecule has 0 aromatic heterocycles. The third kappa shape index (κ3) is 8.62. The second-order valence-corrected chi connectivity index (χ2v) is 4.63. The molecule has 10 heavy (non-hydrogen) atoms. The van der Waals surface area contributed by atoms with E-state index in [1.807, 2.05) is 14.1 Å². The van der Waals surface area contributed by atoms with Crippen molar-refractivity contribution in [1.82, 2.24) is 4.90 Å². The van der Waals surface area contributed by atoms with Crippen LogP contribution in [0, 0.1) is 0 Å². The average Bonchev–Trinajstić information content (AvgIpc) is 1.87. The number of likely N-dealkylation sites (N-methyl/N-ethyl adjacent to an activating group) is 1. The molecule has 0 atom stereocenters. The first-order valence-corrected chi connectivity index (χ1v) is 5.88. The van der Waals surface area contributed by atoms with E-state index >= 15 is 0 Å². The molecule has 0 saturated heterocycles. The van der Waals surface area contributed by atoms with E-state index in [4.69, 9.17) is 4.74 Å². The summed E-state index contributed by atoms with van der Waals surface area (Å²) in [6.45, 7) is 1.84. The smallest absolute Gasteiger partial charge is 0.102 e. The summed E-state index contributed by atoms with van der Waals surface area (Å²) in [5, 5.41) is 0. The van der Waals surface area contributed by atoms with Gasteiger partial charge in [-0.25, -0.2) is 0 Å². The molecule has 0 rings (SSSR count). The predicted molar refractivity (Wildman–Crippen MR) is 50.5 cm³/mol. The zero-order valence-electron chi connectivity index (χ0n) is 6.79. The second kappa shape index (κ2) is 7.72. The molecule has 0 saturated carbocycles. The maximum absolute atomic E-state index is 5.29. The number of rotatable bonds is 6. The van der Waals surface area contributed by atoms with Gasteiger partial charge >= 0.3 is 0 Å². The quantitative estimate of drug-likeness (QED) is 0.350. The van der Waals surface area contributed by atoms with E-state index in [0.717, 1.165) is 19.1 Å². The number of nitrogens with zero attached hydrogens (tertiary/aromatic N) is 1. The van der Waals surface area contributed by atoms with Crippen LogP contribution in [0.5, 0.6) is 0 Å². The standard InChI is InChI=1S/C6H15NOS2/c1-7(2)4-5-8-6-10-9-3/h4-6H2,1-3H3. The number of ether oxygens (including phenoxy) is 1. The summed E-state index contributed by atoms with van der Waals surface area (Å²) in [5.41, 5.74) is 0. The van der Waals surface area contributed by atoms with Crippen molar-refractivity contribution in [3.63, 3.8) is 0 Å². The molecular weight excluding hydrogens is 166 g/mol. The molecule has 0 aromatic carbocycles. The predicted octanol–water partition coefficient (Wildman–Crippen LogP) is 1.53. The highest BCUT2D eigenvalue weighted by atomic mass is 33.1. The monoisotopic (exact) mass is 181 g/mol. The van der Waals surface area contributed by atoms with Crippen molar-refractivity contribution in [2.24, 2.45) is 0 Å². The van der Waals surface area contributed by atoms with Crippen LogP contribution in [0.2, 0.25) is 0 Å². The van der Waals surface area contributed by atoms with Crippen molar-refractivity contribution in [1.29, 1.82) is 0 Å². The lowest BCUT2D eigenvalue weighted by atomic mass is 10.6. The summed E-state index contributed by atoms with van der Waals surface area (Å²) in [5.74, 6) is 0.801. The van der Waals surface area contributed by atoms with Crippen LogP contribution < -0.4 is 0 Å². The summed E-state index contributed by atoms with van der Waals surface area (Å²) in [4.78, 5) is 2.11. The highest BCUT2D eigenvalue weighted by Gasteiger charge is 1.89. The van der Waals surface area contributed by atoms with Crippen LogP contribution in [-0.2, 0) is 4.74 Å². The Morgan fingerprint density at radius 2 is 2.10 bits per heavy atom. The van der Waals surface area contributed by atoms with E-state index in [-0.39, 0.29) is 0 Å².